The number of hydrogen-bond donors (Lipinski definition) is 2. The highest BCUT2D eigenvalue weighted by atomic mass is 35.5. The van der Waals surface area contributed by atoms with Crippen LogP contribution < -0.4 is 14.8 Å². The van der Waals surface area contributed by atoms with Gasteiger partial charge in [0.05, 0.1) is 7.11 Å². The van der Waals surface area contributed by atoms with Crippen LogP contribution in [-0.2, 0) is 21.2 Å². The molecule has 1 atom stereocenters. The van der Waals surface area contributed by atoms with Crippen LogP contribution in [0.4, 0.5) is 0 Å². The van der Waals surface area contributed by atoms with Gasteiger partial charge < -0.3 is 10.1 Å². The van der Waals surface area contributed by atoms with Crippen LogP contribution in [0.25, 0.3) is 0 Å². The number of ether oxygens (including phenoxy) is 1. The molecule has 0 bridgehead atoms. The van der Waals surface area contributed by atoms with Gasteiger partial charge in [0.1, 0.15) is 16.7 Å². The minimum absolute atomic E-state index is 0.0889. The topological polar surface area (TPSA) is 84.5 Å². The Morgan fingerprint density at radius 2 is 1.86 bits per heavy atom. The molecule has 0 spiro atoms. The lowest BCUT2D eigenvalue weighted by Gasteiger charge is -2.22. The summed E-state index contributed by atoms with van der Waals surface area (Å²) in [6.45, 7) is 0. The van der Waals surface area contributed by atoms with Gasteiger partial charge in [0.25, 0.3) is 0 Å². The van der Waals surface area contributed by atoms with Crippen molar-refractivity contribution in [1.82, 2.24) is 10.0 Å². The molecule has 0 radical (unpaired) electrons. The summed E-state index contributed by atoms with van der Waals surface area (Å²) < 4.78 is 33.9. The minimum atomic E-state index is -4.04. The average molecular weight is 437 g/mol. The lowest BCUT2D eigenvalue weighted by Crippen LogP contribution is -2.50. The van der Waals surface area contributed by atoms with Gasteiger partial charge in [-0.1, -0.05) is 54.8 Å². The molecule has 0 unspecified atom stereocenters. The van der Waals surface area contributed by atoms with Crippen molar-refractivity contribution >= 4 is 27.5 Å². The second-order valence-electron chi connectivity index (χ2n) is 7.15. The van der Waals surface area contributed by atoms with Crippen molar-refractivity contribution in [2.45, 2.75) is 49.1 Å². The Morgan fingerprint density at radius 3 is 2.52 bits per heavy atom. The number of carbonyl (C=O) groups is 1. The molecule has 6 nitrogen and oxygen atoms in total. The van der Waals surface area contributed by atoms with Gasteiger partial charge in [-0.2, -0.15) is 4.72 Å². The number of benzene rings is 2. The fourth-order valence-corrected chi connectivity index (χ4v) is 5.15. The van der Waals surface area contributed by atoms with Crippen LogP contribution in [0.3, 0.4) is 0 Å². The van der Waals surface area contributed by atoms with E-state index in [1.807, 2.05) is 30.3 Å². The molecule has 2 aromatic carbocycles. The van der Waals surface area contributed by atoms with E-state index in [0.29, 0.717) is 0 Å². The van der Waals surface area contributed by atoms with Gasteiger partial charge in [-0.05, 0) is 43.0 Å². The van der Waals surface area contributed by atoms with E-state index in [-0.39, 0.29) is 34.0 Å². The van der Waals surface area contributed by atoms with Gasteiger partial charge in [0.2, 0.25) is 15.9 Å². The maximum absolute atomic E-state index is 13.1. The van der Waals surface area contributed by atoms with Gasteiger partial charge in [-0.25, -0.2) is 8.42 Å². The molecule has 29 heavy (non-hydrogen) atoms. The zero-order valence-corrected chi connectivity index (χ0v) is 17.8. The minimum Gasteiger partial charge on any atom is -0.495 e. The largest absolute Gasteiger partial charge is 0.495 e. The Bertz CT molecular complexity index is 944. The van der Waals surface area contributed by atoms with E-state index in [9.17, 15) is 13.2 Å². The van der Waals surface area contributed by atoms with E-state index in [4.69, 9.17) is 16.3 Å². The van der Waals surface area contributed by atoms with Crippen molar-refractivity contribution in [3.63, 3.8) is 0 Å². The number of methoxy groups -OCH3 is 1. The first-order chi connectivity index (χ1) is 13.9. The summed E-state index contributed by atoms with van der Waals surface area (Å²) in [5.74, 6) is -0.165. The van der Waals surface area contributed by atoms with Crippen LogP contribution in [-0.4, -0.2) is 33.5 Å². The number of sulfonamides is 1. The SMILES string of the molecule is COc1ccc(Cl)cc1S(=O)(=O)N[C@@H](Cc1ccccc1)C(=O)NC1CCCC1. The van der Waals surface area contributed by atoms with E-state index in [0.717, 1.165) is 31.2 Å². The molecule has 1 amide bonds. The zero-order chi connectivity index (χ0) is 20.9. The van der Waals surface area contributed by atoms with E-state index in [1.165, 1.54) is 19.2 Å². The smallest absolute Gasteiger partial charge is 0.245 e. The lowest BCUT2D eigenvalue weighted by atomic mass is 10.1. The van der Waals surface area contributed by atoms with E-state index < -0.39 is 16.1 Å². The summed E-state index contributed by atoms with van der Waals surface area (Å²) in [6, 6.07) is 12.8. The maximum atomic E-state index is 13.1. The van der Waals surface area contributed by atoms with Gasteiger partial charge in [-0.15, -0.1) is 0 Å². The van der Waals surface area contributed by atoms with Crippen molar-refractivity contribution in [3.8, 4) is 5.75 Å². The van der Waals surface area contributed by atoms with E-state index in [2.05, 4.69) is 10.0 Å². The monoisotopic (exact) mass is 436 g/mol. The van der Waals surface area contributed by atoms with E-state index >= 15 is 0 Å². The first-order valence-corrected chi connectivity index (χ1v) is 11.5. The average Bonchev–Trinajstić information content (AvgIpc) is 3.21. The molecule has 1 fully saturated rings. The van der Waals surface area contributed by atoms with Crippen molar-refractivity contribution < 1.29 is 17.9 Å². The zero-order valence-electron chi connectivity index (χ0n) is 16.2. The fourth-order valence-electron chi connectivity index (χ4n) is 3.52. The molecule has 1 aliphatic carbocycles. The molecular formula is C21H25ClN2O4S. The molecule has 2 aromatic rings. The Kier molecular flexibility index (Phi) is 7.16. The number of nitrogens with one attached hydrogen (secondary N) is 2. The van der Waals surface area contributed by atoms with Crippen LogP contribution in [0.1, 0.15) is 31.2 Å². The molecule has 3 rings (SSSR count). The van der Waals surface area contributed by atoms with Crippen molar-refractivity contribution in [2.75, 3.05) is 7.11 Å². The second-order valence-corrected chi connectivity index (χ2v) is 9.27. The van der Waals surface area contributed by atoms with Crippen LogP contribution in [0.2, 0.25) is 5.02 Å². The molecular weight excluding hydrogens is 412 g/mol. The number of hydrogen-bond acceptors (Lipinski definition) is 4. The highest BCUT2D eigenvalue weighted by molar-refractivity contribution is 7.89. The van der Waals surface area contributed by atoms with Gasteiger partial charge >= 0.3 is 0 Å². The summed E-state index contributed by atoms with van der Waals surface area (Å²) in [5.41, 5.74) is 0.861. The molecule has 1 aliphatic rings. The first-order valence-electron chi connectivity index (χ1n) is 9.59. The Hall–Kier alpha value is -2.09. The van der Waals surface area contributed by atoms with Gasteiger partial charge in [0, 0.05) is 11.1 Å². The third-order valence-corrected chi connectivity index (χ3v) is 6.74. The number of amides is 1. The van der Waals surface area contributed by atoms with E-state index in [1.54, 1.807) is 6.07 Å². The first kappa shape index (κ1) is 21.6. The molecule has 0 aliphatic heterocycles. The summed E-state index contributed by atoms with van der Waals surface area (Å²) in [7, 11) is -2.66. The Balaban J connectivity index is 1.86. The predicted octanol–water partition coefficient (Wildman–Crippen LogP) is 3.30. The molecule has 0 heterocycles. The Labute approximate surface area is 176 Å². The Morgan fingerprint density at radius 1 is 1.17 bits per heavy atom. The quantitative estimate of drug-likeness (QED) is 0.665. The maximum Gasteiger partial charge on any atom is 0.245 e. The van der Waals surface area contributed by atoms with Crippen LogP contribution in [0, 0.1) is 0 Å². The highest BCUT2D eigenvalue weighted by Gasteiger charge is 2.30. The summed E-state index contributed by atoms with van der Waals surface area (Å²) in [5, 5.41) is 3.26. The third kappa shape index (κ3) is 5.72. The predicted molar refractivity (Wildman–Crippen MR) is 113 cm³/mol. The second kappa shape index (κ2) is 9.61. The third-order valence-electron chi connectivity index (χ3n) is 5.01. The molecule has 1 saturated carbocycles. The standard InChI is InChI=1S/C21H25ClN2O4S/c1-28-19-12-11-16(22)14-20(19)29(26,27)24-18(13-15-7-3-2-4-8-15)21(25)23-17-9-5-6-10-17/h2-4,7-8,11-12,14,17-18,24H,5-6,9-10,13H2,1H3,(H,23,25)/t18-/m0/s1. The van der Waals surface area contributed by atoms with Gasteiger partial charge in [0.15, 0.2) is 0 Å². The lowest BCUT2D eigenvalue weighted by molar-refractivity contribution is -0.123. The highest BCUT2D eigenvalue weighted by Crippen LogP contribution is 2.27. The number of halogens is 1. The summed E-state index contributed by atoms with van der Waals surface area (Å²) in [6.07, 6.45) is 4.21. The summed E-state index contributed by atoms with van der Waals surface area (Å²) in [4.78, 5) is 12.8. The van der Waals surface area contributed by atoms with Crippen LogP contribution >= 0.6 is 11.6 Å². The molecule has 8 heteroatoms. The molecule has 2 N–H and O–H groups in total. The normalized spacial score (nSPS) is 15.8. The number of rotatable bonds is 8. The van der Waals surface area contributed by atoms with Crippen molar-refractivity contribution in [1.29, 1.82) is 0 Å². The van der Waals surface area contributed by atoms with Gasteiger partial charge in [-0.3, -0.25) is 4.79 Å². The number of carbonyl (C=O) groups excluding carboxylic acids is 1. The summed E-state index contributed by atoms with van der Waals surface area (Å²) >= 11 is 6.00. The molecule has 0 aromatic heterocycles. The van der Waals surface area contributed by atoms with Crippen molar-refractivity contribution in [2.24, 2.45) is 0 Å². The van der Waals surface area contributed by atoms with Crippen LogP contribution in [0.15, 0.2) is 53.4 Å². The molecule has 0 saturated heterocycles. The van der Waals surface area contributed by atoms with Crippen molar-refractivity contribution in [3.05, 3.63) is 59.1 Å². The van der Waals surface area contributed by atoms with Crippen LogP contribution in [0.5, 0.6) is 5.75 Å². The fraction of sp³-hybridized carbons (Fsp3) is 0.381. The molecule has 156 valence electrons.